The van der Waals surface area contributed by atoms with E-state index in [1.165, 1.54) is 6.07 Å². The molecule has 8 heteroatoms. The van der Waals surface area contributed by atoms with Gasteiger partial charge in [-0.15, -0.1) is 0 Å². The van der Waals surface area contributed by atoms with Gasteiger partial charge < -0.3 is 0 Å². The Morgan fingerprint density at radius 3 is 2.37 bits per heavy atom. The maximum atomic E-state index is 13.8. The van der Waals surface area contributed by atoms with Gasteiger partial charge in [-0.05, 0) is 12.1 Å². The Bertz CT molecular complexity index is 629. The average Bonchev–Trinajstić information content (AvgIpc) is 2.28. The molecule has 0 saturated carbocycles. The van der Waals surface area contributed by atoms with Gasteiger partial charge in [0.1, 0.15) is 0 Å². The van der Waals surface area contributed by atoms with Crippen molar-refractivity contribution in [1.82, 2.24) is 9.97 Å². The summed E-state index contributed by atoms with van der Waals surface area (Å²) in [6, 6.07) is 2.32. The van der Waals surface area contributed by atoms with Crippen molar-refractivity contribution >= 4 is 23.2 Å². The summed E-state index contributed by atoms with van der Waals surface area (Å²) in [7, 11) is 0. The predicted octanol–water partition coefficient (Wildman–Crippen LogP) is 4.61. The highest BCUT2D eigenvalue weighted by Crippen LogP contribution is 2.35. The Balaban J connectivity index is 2.64. The number of halogens is 6. The SMILES string of the molecule is Fc1c(-c2ncc(Cl)cc2Cl)ccnc1C(F)(F)F. The summed E-state index contributed by atoms with van der Waals surface area (Å²) >= 11 is 11.4. The van der Waals surface area contributed by atoms with Gasteiger partial charge in [0.25, 0.3) is 0 Å². The van der Waals surface area contributed by atoms with Gasteiger partial charge in [0.05, 0.1) is 15.7 Å². The van der Waals surface area contributed by atoms with E-state index >= 15 is 0 Å². The lowest BCUT2D eigenvalue weighted by molar-refractivity contribution is -0.143. The minimum Gasteiger partial charge on any atom is -0.253 e. The van der Waals surface area contributed by atoms with Gasteiger partial charge in [0.15, 0.2) is 11.5 Å². The second-order valence-electron chi connectivity index (χ2n) is 3.50. The molecule has 19 heavy (non-hydrogen) atoms. The summed E-state index contributed by atoms with van der Waals surface area (Å²) in [5.41, 5.74) is -2.13. The van der Waals surface area contributed by atoms with Crippen molar-refractivity contribution < 1.29 is 17.6 Å². The average molecular weight is 311 g/mol. The Labute approximate surface area is 115 Å². The molecule has 0 atom stereocenters. The molecule has 0 unspecified atom stereocenters. The van der Waals surface area contributed by atoms with Gasteiger partial charge in [-0.25, -0.2) is 9.37 Å². The summed E-state index contributed by atoms with van der Waals surface area (Å²) in [5, 5.41) is 0.144. The summed E-state index contributed by atoms with van der Waals surface area (Å²) < 4.78 is 51.4. The van der Waals surface area contributed by atoms with Crippen molar-refractivity contribution in [2.45, 2.75) is 6.18 Å². The molecule has 2 rings (SSSR count). The third kappa shape index (κ3) is 2.79. The van der Waals surface area contributed by atoms with Gasteiger partial charge in [-0.1, -0.05) is 23.2 Å². The number of aromatic nitrogens is 2. The van der Waals surface area contributed by atoms with Crippen molar-refractivity contribution in [3.8, 4) is 11.3 Å². The molecule has 0 fully saturated rings. The second-order valence-corrected chi connectivity index (χ2v) is 4.35. The van der Waals surface area contributed by atoms with Crippen LogP contribution in [-0.4, -0.2) is 9.97 Å². The van der Waals surface area contributed by atoms with E-state index in [9.17, 15) is 17.6 Å². The molecule has 0 aliphatic rings. The van der Waals surface area contributed by atoms with Crippen LogP contribution in [0.25, 0.3) is 11.3 Å². The zero-order valence-corrected chi connectivity index (χ0v) is 10.5. The van der Waals surface area contributed by atoms with E-state index in [4.69, 9.17) is 23.2 Å². The molecular formula is C11H4Cl2F4N2. The Morgan fingerprint density at radius 1 is 1.11 bits per heavy atom. The number of pyridine rings is 2. The van der Waals surface area contributed by atoms with Crippen LogP contribution in [0.3, 0.4) is 0 Å². The Morgan fingerprint density at radius 2 is 1.79 bits per heavy atom. The van der Waals surface area contributed by atoms with Gasteiger partial charge >= 0.3 is 6.18 Å². The molecule has 0 saturated heterocycles. The van der Waals surface area contributed by atoms with Crippen LogP contribution in [0.15, 0.2) is 24.5 Å². The minimum atomic E-state index is -4.89. The minimum absolute atomic E-state index is 0.0503. The van der Waals surface area contributed by atoms with Gasteiger partial charge in [-0.3, -0.25) is 4.98 Å². The number of hydrogen-bond donors (Lipinski definition) is 0. The van der Waals surface area contributed by atoms with E-state index in [-0.39, 0.29) is 21.3 Å². The molecule has 0 radical (unpaired) electrons. The topological polar surface area (TPSA) is 25.8 Å². The number of rotatable bonds is 1. The first kappa shape index (κ1) is 14.0. The zero-order chi connectivity index (χ0) is 14.2. The zero-order valence-electron chi connectivity index (χ0n) is 8.97. The molecule has 2 aromatic rings. The first-order valence-corrected chi connectivity index (χ1v) is 5.59. The van der Waals surface area contributed by atoms with Crippen LogP contribution in [0, 0.1) is 5.82 Å². The molecule has 2 nitrogen and oxygen atoms in total. The van der Waals surface area contributed by atoms with E-state index in [0.717, 1.165) is 18.5 Å². The molecule has 100 valence electrons. The summed E-state index contributed by atoms with van der Waals surface area (Å²) in [5.74, 6) is -1.52. The van der Waals surface area contributed by atoms with E-state index in [1.807, 2.05) is 0 Å². The van der Waals surface area contributed by atoms with Gasteiger partial charge in [-0.2, -0.15) is 13.2 Å². The van der Waals surface area contributed by atoms with Crippen LogP contribution in [0.4, 0.5) is 17.6 Å². The van der Waals surface area contributed by atoms with Crippen LogP contribution in [-0.2, 0) is 6.18 Å². The second kappa shape index (κ2) is 4.94. The van der Waals surface area contributed by atoms with Crippen LogP contribution >= 0.6 is 23.2 Å². The number of alkyl halides is 3. The Hall–Kier alpha value is -1.40. The van der Waals surface area contributed by atoms with Crippen LogP contribution in [0.1, 0.15) is 5.69 Å². The monoisotopic (exact) mass is 310 g/mol. The van der Waals surface area contributed by atoms with Crippen molar-refractivity contribution in [3.63, 3.8) is 0 Å². The summed E-state index contributed by atoms with van der Waals surface area (Å²) in [6.45, 7) is 0. The highest BCUT2D eigenvalue weighted by atomic mass is 35.5. The molecule has 0 amide bonds. The van der Waals surface area contributed by atoms with Gasteiger partial charge in [0, 0.05) is 18.0 Å². The fourth-order valence-corrected chi connectivity index (χ4v) is 1.92. The normalized spacial score (nSPS) is 11.7. The molecule has 0 bridgehead atoms. The first-order valence-electron chi connectivity index (χ1n) is 4.84. The van der Waals surface area contributed by atoms with Crippen molar-refractivity contribution in [2.24, 2.45) is 0 Å². The molecular weight excluding hydrogens is 307 g/mol. The third-order valence-electron chi connectivity index (χ3n) is 2.22. The van der Waals surface area contributed by atoms with E-state index in [2.05, 4.69) is 9.97 Å². The smallest absolute Gasteiger partial charge is 0.253 e. The lowest BCUT2D eigenvalue weighted by atomic mass is 10.1. The maximum absolute atomic E-state index is 13.8. The predicted molar refractivity (Wildman–Crippen MR) is 62.4 cm³/mol. The van der Waals surface area contributed by atoms with E-state index in [0.29, 0.717) is 0 Å². The Kier molecular flexibility index (Phi) is 3.64. The molecule has 0 N–H and O–H groups in total. The van der Waals surface area contributed by atoms with Crippen molar-refractivity contribution in [2.75, 3.05) is 0 Å². The van der Waals surface area contributed by atoms with Crippen molar-refractivity contribution in [3.05, 3.63) is 46.1 Å². The fourth-order valence-electron chi connectivity index (χ4n) is 1.44. The highest BCUT2D eigenvalue weighted by molar-refractivity contribution is 6.36. The summed E-state index contributed by atoms with van der Waals surface area (Å²) in [6.07, 6.45) is -2.89. The lowest BCUT2D eigenvalue weighted by Gasteiger charge is -2.10. The number of hydrogen-bond acceptors (Lipinski definition) is 2. The third-order valence-corrected chi connectivity index (χ3v) is 2.72. The lowest BCUT2D eigenvalue weighted by Crippen LogP contribution is -2.11. The number of nitrogens with zero attached hydrogens (tertiary/aromatic N) is 2. The molecule has 0 aliphatic heterocycles. The van der Waals surface area contributed by atoms with Crippen molar-refractivity contribution in [1.29, 1.82) is 0 Å². The molecule has 2 aromatic heterocycles. The van der Waals surface area contributed by atoms with E-state index in [1.54, 1.807) is 0 Å². The highest BCUT2D eigenvalue weighted by Gasteiger charge is 2.37. The quantitative estimate of drug-likeness (QED) is 0.719. The first-order chi connectivity index (χ1) is 8.80. The standard InChI is InChI=1S/C11H4Cl2F4N2/c12-5-3-7(13)9(19-4-5)6-1-2-18-10(8(6)14)11(15,16)17/h1-4H. The fraction of sp³-hybridized carbons (Fsp3) is 0.0909. The molecule has 0 aliphatic carbocycles. The maximum Gasteiger partial charge on any atom is 0.436 e. The van der Waals surface area contributed by atoms with Crippen LogP contribution in [0.5, 0.6) is 0 Å². The molecule has 2 heterocycles. The molecule has 0 spiro atoms. The van der Waals surface area contributed by atoms with Crippen LogP contribution in [0.2, 0.25) is 10.0 Å². The van der Waals surface area contributed by atoms with Crippen LogP contribution < -0.4 is 0 Å². The largest absolute Gasteiger partial charge is 0.436 e. The molecule has 0 aromatic carbocycles. The van der Waals surface area contributed by atoms with E-state index < -0.39 is 17.7 Å². The summed E-state index contributed by atoms with van der Waals surface area (Å²) in [4.78, 5) is 6.72. The van der Waals surface area contributed by atoms with Gasteiger partial charge in [0.2, 0.25) is 0 Å².